The lowest BCUT2D eigenvalue weighted by Gasteiger charge is -2.35. The second-order valence-corrected chi connectivity index (χ2v) is 6.71. The Balaban J connectivity index is 1.37. The summed E-state index contributed by atoms with van der Waals surface area (Å²) < 4.78 is 10.9. The number of benzene rings is 2. The lowest BCUT2D eigenvalue weighted by molar-refractivity contribution is 0.0446. The summed E-state index contributed by atoms with van der Waals surface area (Å²) in [6.07, 6.45) is -0.498. The third kappa shape index (κ3) is 5.73. The molecule has 5 heteroatoms. The molecule has 0 spiro atoms. The van der Waals surface area contributed by atoms with Crippen LogP contribution in [-0.2, 0) is 6.54 Å². The van der Waals surface area contributed by atoms with Gasteiger partial charge in [-0.25, -0.2) is 0 Å². The molecule has 2 aromatic carbocycles. The van der Waals surface area contributed by atoms with Gasteiger partial charge in [0.2, 0.25) is 0 Å². The van der Waals surface area contributed by atoms with Gasteiger partial charge in [-0.3, -0.25) is 9.80 Å². The molecule has 0 saturated carbocycles. The number of ether oxygens (including phenoxy) is 2. The minimum atomic E-state index is -0.498. The van der Waals surface area contributed by atoms with Crippen molar-refractivity contribution in [3.8, 4) is 11.5 Å². The molecular weight excluding hydrogens is 328 g/mol. The fourth-order valence-electron chi connectivity index (χ4n) is 3.21. The van der Waals surface area contributed by atoms with Gasteiger partial charge in [0.1, 0.15) is 24.2 Å². The Morgan fingerprint density at radius 2 is 1.62 bits per heavy atom. The Bertz CT molecular complexity index is 657. The molecule has 2 aromatic rings. The van der Waals surface area contributed by atoms with E-state index in [9.17, 15) is 5.11 Å². The van der Waals surface area contributed by atoms with Crippen molar-refractivity contribution < 1.29 is 14.6 Å². The standard InChI is InChI=1S/C21H28N2O3/c1-25-20-8-5-9-21(14-20)26-17-19(24)16-23-12-10-22(11-13-23)15-18-6-3-2-4-7-18/h2-9,14,19,24H,10-13,15-17H2,1H3/t19-/m0/s1. The van der Waals surface area contributed by atoms with Crippen molar-refractivity contribution in [2.24, 2.45) is 0 Å². The highest BCUT2D eigenvalue weighted by atomic mass is 16.5. The van der Waals surface area contributed by atoms with Crippen molar-refractivity contribution in [3.63, 3.8) is 0 Å². The zero-order chi connectivity index (χ0) is 18.2. The average molecular weight is 356 g/mol. The summed E-state index contributed by atoms with van der Waals surface area (Å²) in [5.74, 6) is 1.47. The third-order valence-corrected chi connectivity index (χ3v) is 4.67. The van der Waals surface area contributed by atoms with Crippen LogP contribution in [0.25, 0.3) is 0 Å². The van der Waals surface area contributed by atoms with Crippen LogP contribution in [0.1, 0.15) is 5.56 Å². The Morgan fingerprint density at radius 3 is 2.35 bits per heavy atom. The first-order valence-corrected chi connectivity index (χ1v) is 9.16. The van der Waals surface area contributed by atoms with Crippen LogP contribution in [0.4, 0.5) is 0 Å². The Morgan fingerprint density at radius 1 is 0.923 bits per heavy atom. The number of rotatable bonds is 8. The second kappa shape index (κ2) is 9.57. The first-order valence-electron chi connectivity index (χ1n) is 9.16. The zero-order valence-electron chi connectivity index (χ0n) is 15.4. The van der Waals surface area contributed by atoms with Crippen LogP contribution in [0.15, 0.2) is 54.6 Å². The summed E-state index contributed by atoms with van der Waals surface area (Å²) in [5.41, 5.74) is 1.35. The number of nitrogens with zero attached hydrogens (tertiary/aromatic N) is 2. The molecule has 0 aliphatic carbocycles. The van der Waals surface area contributed by atoms with E-state index in [0.717, 1.165) is 44.2 Å². The van der Waals surface area contributed by atoms with Crippen LogP contribution in [-0.4, -0.2) is 67.5 Å². The first kappa shape index (κ1) is 18.7. The Kier molecular flexibility index (Phi) is 6.89. The minimum Gasteiger partial charge on any atom is -0.497 e. The summed E-state index contributed by atoms with van der Waals surface area (Å²) in [7, 11) is 1.63. The highest BCUT2D eigenvalue weighted by molar-refractivity contribution is 5.32. The van der Waals surface area contributed by atoms with E-state index in [4.69, 9.17) is 9.47 Å². The summed E-state index contributed by atoms with van der Waals surface area (Å²) in [4.78, 5) is 4.77. The van der Waals surface area contributed by atoms with Crippen molar-refractivity contribution in [2.75, 3.05) is 46.4 Å². The normalized spacial score (nSPS) is 17.0. The van der Waals surface area contributed by atoms with Crippen LogP contribution in [0, 0.1) is 0 Å². The quantitative estimate of drug-likeness (QED) is 0.786. The van der Waals surface area contributed by atoms with Gasteiger partial charge in [-0.1, -0.05) is 36.4 Å². The number of piperazine rings is 1. The van der Waals surface area contributed by atoms with Gasteiger partial charge in [0.05, 0.1) is 7.11 Å². The van der Waals surface area contributed by atoms with Crippen molar-refractivity contribution in [1.82, 2.24) is 9.80 Å². The number of hydrogen-bond donors (Lipinski definition) is 1. The van der Waals surface area contributed by atoms with Gasteiger partial charge in [-0.05, 0) is 17.7 Å². The summed E-state index contributed by atoms with van der Waals surface area (Å²) in [5, 5.41) is 10.3. The molecule has 1 N–H and O–H groups in total. The average Bonchev–Trinajstić information content (AvgIpc) is 2.69. The van der Waals surface area contributed by atoms with E-state index in [0.29, 0.717) is 6.54 Å². The van der Waals surface area contributed by atoms with E-state index >= 15 is 0 Å². The SMILES string of the molecule is COc1cccc(OC[C@@H](O)CN2CCN(Cc3ccccc3)CC2)c1. The largest absolute Gasteiger partial charge is 0.497 e. The van der Waals surface area contributed by atoms with Gasteiger partial charge in [0.15, 0.2) is 0 Å². The molecule has 0 aromatic heterocycles. The highest BCUT2D eigenvalue weighted by Gasteiger charge is 2.19. The van der Waals surface area contributed by atoms with E-state index in [1.165, 1.54) is 5.56 Å². The van der Waals surface area contributed by atoms with Crippen molar-refractivity contribution in [1.29, 1.82) is 0 Å². The maximum Gasteiger partial charge on any atom is 0.123 e. The lowest BCUT2D eigenvalue weighted by atomic mass is 10.2. The van der Waals surface area contributed by atoms with Gasteiger partial charge >= 0.3 is 0 Å². The van der Waals surface area contributed by atoms with Crippen LogP contribution < -0.4 is 9.47 Å². The van der Waals surface area contributed by atoms with Crippen LogP contribution in [0.2, 0.25) is 0 Å². The van der Waals surface area contributed by atoms with Gasteiger partial charge in [-0.2, -0.15) is 0 Å². The van der Waals surface area contributed by atoms with Gasteiger partial charge in [0, 0.05) is 45.3 Å². The molecule has 1 aliphatic heterocycles. The van der Waals surface area contributed by atoms with E-state index in [1.807, 2.05) is 24.3 Å². The lowest BCUT2D eigenvalue weighted by Crippen LogP contribution is -2.48. The molecule has 1 fully saturated rings. The summed E-state index contributed by atoms with van der Waals surface area (Å²) >= 11 is 0. The van der Waals surface area contributed by atoms with E-state index in [2.05, 4.69) is 40.1 Å². The van der Waals surface area contributed by atoms with Crippen LogP contribution >= 0.6 is 0 Å². The number of aliphatic hydroxyl groups is 1. The maximum absolute atomic E-state index is 10.3. The van der Waals surface area contributed by atoms with E-state index < -0.39 is 6.10 Å². The third-order valence-electron chi connectivity index (χ3n) is 4.67. The molecule has 0 radical (unpaired) electrons. The molecule has 5 nitrogen and oxygen atoms in total. The monoisotopic (exact) mass is 356 g/mol. The molecule has 140 valence electrons. The highest BCUT2D eigenvalue weighted by Crippen LogP contribution is 2.19. The molecular formula is C21H28N2O3. The predicted molar refractivity (Wildman–Crippen MR) is 103 cm³/mol. The number of β-amino-alcohol motifs (C(OH)–C–C–N with tert-alkyl or cyclic N) is 1. The molecule has 0 bridgehead atoms. The van der Waals surface area contributed by atoms with Crippen molar-refractivity contribution in [3.05, 3.63) is 60.2 Å². The molecule has 0 amide bonds. The summed E-state index contributed by atoms with van der Waals surface area (Å²) in [6.45, 7) is 5.93. The number of hydrogen-bond acceptors (Lipinski definition) is 5. The molecule has 1 aliphatic rings. The van der Waals surface area contributed by atoms with Gasteiger partial charge < -0.3 is 14.6 Å². The number of aliphatic hydroxyl groups excluding tert-OH is 1. The zero-order valence-corrected chi connectivity index (χ0v) is 15.4. The first-order chi connectivity index (χ1) is 12.7. The van der Waals surface area contributed by atoms with Gasteiger partial charge in [0.25, 0.3) is 0 Å². The molecule has 1 atom stereocenters. The molecule has 26 heavy (non-hydrogen) atoms. The molecule has 1 heterocycles. The van der Waals surface area contributed by atoms with Crippen molar-refractivity contribution in [2.45, 2.75) is 12.6 Å². The van der Waals surface area contributed by atoms with Crippen LogP contribution in [0.5, 0.6) is 11.5 Å². The van der Waals surface area contributed by atoms with Crippen molar-refractivity contribution >= 4 is 0 Å². The Hall–Kier alpha value is -2.08. The smallest absolute Gasteiger partial charge is 0.123 e. The molecule has 3 rings (SSSR count). The number of methoxy groups -OCH3 is 1. The predicted octanol–water partition coefficient (Wildman–Crippen LogP) is 2.25. The van der Waals surface area contributed by atoms with Crippen LogP contribution in [0.3, 0.4) is 0 Å². The Labute approximate surface area is 155 Å². The maximum atomic E-state index is 10.3. The van der Waals surface area contributed by atoms with Gasteiger partial charge in [-0.15, -0.1) is 0 Å². The minimum absolute atomic E-state index is 0.289. The fraction of sp³-hybridized carbons (Fsp3) is 0.429. The van der Waals surface area contributed by atoms with E-state index in [1.54, 1.807) is 7.11 Å². The molecule has 1 saturated heterocycles. The fourth-order valence-corrected chi connectivity index (χ4v) is 3.21. The van der Waals surface area contributed by atoms with E-state index in [-0.39, 0.29) is 6.61 Å². The molecule has 0 unspecified atom stereocenters. The summed E-state index contributed by atoms with van der Waals surface area (Å²) in [6, 6.07) is 18.0. The topological polar surface area (TPSA) is 45.2 Å². The second-order valence-electron chi connectivity index (χ2n) is 6.71.